The molecule has 4 rings (SSSR count). The van der Waals surface area contributed by atoms with Gasteiger partial charge in [0.15, 0.2) is 0 Å². The van der Waals surface area contributed by atoms with Gasteiger partial charge in [0.05, 0.1) is 5.69 Å². The highest BCUT2D eigenvalue weighted by Gasteiger charge is 2.37. The molecule has 30 heavy (non-hydrogen) atoms. The lowest BCUT2D eigenvalue weighted by atomic mass is 9.78. The van der Waals surface area contributed by atoms with Crippen molar-refractivity contribution < 1.29 is 4.79 Å². The Labute approximate surface area is 178 Å². The number of hydrogen-bond donors (Lipinski definition) is 1. The maximum absolute atomic E-state index is 12.4. The predicted molar refractivity (Wildman–Crippen MR) is 117 cm³/mol. The summed E-state index contributed by atoms with van der Waals surface area (Å²) in [6, 6.07) is 14.3. The Morgan fingerprint density at radius 1 is 1.10 bits per heavy atom. The second kappa shape index (κ2) is 9.13. The van der Waals surface area contributed by atoms with E-state index < -0.39 is 0 Å². The van der Waals surface area contributed by atoms with E-state index in [1.165, 1.54) is 42.0 Å². The first kappa shape index (κ1) is 20.8. The van der Waals surface area contributed by atoms with Crippen LogP contribution in [0, 0.1) is 6.92 Å². The summed E-state index contributed by atoms with van der Waals surface area (Å²) in [4.78, 5) is 26.9. The lowest BCUT2D eigenvalue weighted by Crippen LogP contribution is -2.49. The summed E-state index contributed by atoms with van der Waals surface area (Å²) >= 11 is 0. The third kappa shape index (κ3) is 4.81. The molecule has 1 saturated heterocycles. The van der Waals surface area contributed by atoms with Crippen molar-refractivity contribution in [2.45, 2.75) is 63.5 Å². The van der Waals surface area contributed by atoms with Crippen LogP contribution in [0.5, 0.6) is 0 Å². The van der Waals surface area contributed by atoms with E-state index in [-0.39, 0.29) is 29.5 Å². The molecule has 1 saturated carbocycles. The molecule has 1 amide bonds. The third-order valence-corrected chi connectivity index (χ3v) is 6.72. The Morgan fingerprint density at radius 2 is 1.80 bits per heavy atom. The quantitative estimate of drug-likeness (QED) is 0.798. The van der Waals surface area contributed by atoms with Crippen molar-refractivity contribution in [1.29, 1.82) is 0 Å². The van der Waals surface area contributed by atoms with Crippen LogP contribution < -0.4 is 10.9 Å². The number of piperidine rings is 1. The molecule has 0 unspecified atom stereocenters. The number of amides is 1. The Kier molecular flexibility index (Phi) is 6.32. The summed E-state index contributed by atoms with van der Waals surface area (Å²) in [6.45, 7) is 4.92. The first-order valence-corrected chi connectivity index (χ1v) is 11.2. The van der Waals surface area contributed by atoms with Gasteiger partial charge in [0, 0.05) is 37.2 Å². The summed E-state index contributed by atoms with van der Waals surface area (Å²) in [5.74, 6) is -0.134. The number of rotatable bonds is 6. The van der Waals surface area contributed by atoms with Gasteiger partial charge >= 0.3 is 0 Å². The molecule has 2 aliphatic rings. The summed E-state index contributed by atoms with van der Waals surface area (Å²) in [5.41, 5.74) is 2.26. The fourth-order valence-electron chi connectivity index (χ4n) is 5.12. The number of likely N-dealkylation sites (tertiary alicyclic amines) is 1. The molecule has 1 N–H and O–H groups in total. The van der Waals surface area contributed by atoms with E-state index in [1.807, 2.05) is 6.92 Å². The van der Waals surface area contributed by atoms with Crippen molar-refractivity contribution in [1.82, 2.24) is 20.0 Å². The number of hydrogen-bond acceptors (Lipinski definition) is 4. The SMILES string of the molecule is Cc1ccc(=O)n(CC(=O)NC2CCN(CC3(c4ccccc4)CCCC3)CC2)n1. The smallest absolute Gasteiger partial charge is 0.267 e. The minimum Gasteiger partial charge on any atom is -0.352 e. The van der Waals surface area contributed by atoms with Gasteiger partial charge in [-0.15, -0.1) is 0 Å². The second-order valence-electron chi connectivity index (χ2n) is 8.94. The highest BCUT2D eigenvalue weighted by atomic mass is 16.2. The van der Waals surface area contributed by atoms with Crippen LogP contribution in [0.2, 0.25) is 0 Å². The Bertz CT molecular complexity index is 910. The Morgan fingerprint density at radius 3 is 2.50 bits per heavy atom. The molecule has 1 aromatic heterocycles. The highest BCUT2D eigenvalue weighted by molar-refractivity contribution is 5.75. The number of aromatic nitrogens is 2. The molecule has 1 aliphatic carbocycles. The average Bonchev–Trinajstić information content (AvgIpc) is 3.22. The maximum Gasteiger partial charge on any atom is 0.267 e. The number of benzene rings is 1. The summed E-state index contributed by atoms with van der Waals surface area (Å²) < 4.78 is 1.24. The fraction of sp³-hybridized carbons (Fsp3) is 0.542. The van der Waals surface area contributed by atoms with E-state index in [0.717, 1.165) is 38.2 Å². The van der Waals surface area contributed by atoms with Gasteiger partial charge in [-0.25, -0.2) is 4.68 Å². The molecule has 0 radical (unpaired) electrons. The van der Waals surface area contributed by atoms with Crippen LogP contribution >= 0.6 is 0 Å². The first-order chi connectivity index (χ1) is 14.5. The highest BCUT2D eigenvalue weighted by Crippen LogP contribution is 2.42. The van der Waals surface area contributed by atoms with E-state index >= 15 is 0 Å². The molecule has 1 aliphatic heterocycles. The van der Waals surface area contributed by atoms with Gasteiger partial charge in [-0.05, 0) is 44.2 Å². The van der Waals surface area contributed by atoms with Crippen molar-refractivity contribution in [3.63, 3.8) is 0 Å². The van der Waals surface area contributed by atoms with E-state index in [4.69, 9.17) is 0 Å². The molecule has 0 bridgehead atoms. The molecular formula is C24H32N4O2. The Hall–Kier alpha value is -2.47. The predicted octanol–water partition coefficient (Wildman–Crippen LogP) is 2.64. The summed E-state index contributed by atoms with van der Waals surface area (Å²) in [6.07, 6.45) is 7.07. The van der Waals surface area contributed by atoms with Crippen LogP contribution in [0.3, 0.4) is 0 Å². The van der Waals surface area contributed by atoms with Gasteiger partial charge in [0.1, 0.15) is 6.54 Å². The van der Waals surface area contributed by atoms with Gasteiger partial charge in [-0.3, -0.25) is 9.59 Å². The monoisotopic (exact) mass is 408 g/mol. The zero-order chi connectivity index (χ0) is 21.0. The molecular weight excluding hydrogens is 376 g/mol. The van der Waals surface area contributed by atoms with E-state index in [1.54, 1.807) is 6.07 Å². The van der Waals surface area contributed by atoms with Crippen LogP contribution in [0.25, 0.3) is 0 Å². The van der Waals surface area contributed by atoms with E-state index in [0.29, 0.717) is 0 Å². The molecule has 1 aromatic carbocycles. The minimum atomic E-state index is -0.242. The van der Waals surface area contributed by atoms with Gasteiger partial charge in [0.2, 0.25) is 5.91 Å². The lowest BCUT2D eigenvalue weighted by Gasteiger charge is -2.39. The van der Waals surface area contributed by atoms with E-state index in [2.05, 4.69) is 45.6 Å². The van der Waals surface area contributed by atoms with Gasteiger partial charge in [-0.1, -0.05) is 43.2 Å². The number of carbonyl (C=O) groups excluding carboxylic acids is 1. The van der Waals surface area contributed by atoms with Crippen molar-refractivity contribution in [2.24, 2.45) is 0 Å². The number of nitrogens with zero attached hydrogens (tertiary/aromatic N) is 3. The van der Waals surface area contributed by atoms with Crippen LogP contribution in [0.4, 0.5) is 0 Å². The zero-order valence-corrected chi connectivity index (χ0v) is 17.8. The number of aryl methyl sites for hydroxylation is 1. The van der Waals surface area contributed by atoms with E-state index in [9.17, 15) is 9.59 Å². The standard InChI is InChI=1S/C24H32N4O2/c1-19-9-10-23(30)28(26-19)17-22(29)25-21-11-15-27(16-12-21)18-24(13-5-6-14-24)20-7-3-2-4-8-20/h2-4,7-10,21H,5-6,11-18H2,1H3,(H,25,29). The summed E-state index contributed by atoms with van der Waals surface area (Å²) in [5, 5.41) is 7.25. The largest absolute Gasteiger partial charge is 0.352 e. The van der Waals surface area contributed by atoms with Gasteiger partial charge < -0.3 is 10.2 Å². The minimum absolute atomic E-state index is 0.0160. The van der Waals surface area contributed by atoms with Crippen LogP contribution in [0.1, 0.15) is 49.8 Å². The molecule has 6 heteroatoms. The van der Waals surface area contributed by atoms with Crippen molar-refractivity contribution in [2.75, 3.05) is 19.6 Å². The van der Waals surface area contributed by atoms with Crippen molar-refractivity contribution in [3.8, 4) is 0 Å². The lowest BCUT2D eigenvalue weighted by molar-refractivity contribution is -0.123. The fourth-order valence-corrected chi connectivity index (χ4v) is 5.12. The normalized spacial score (nSPS) is 19.6. The van der Waals surface area contributed by atoms with Crippen molar-refractivity contribution >= 4 is 5.91 Å². The average molecular weight is 409 g/mol. The molecule has 160 valence electrons. The van der Waals surface area contributed by atoms with Crippen molar-refractivity contribution in [3.05, 3.63) is 64.1 Å². The molecule has 0 atom stereocenters. The molecule has 2 fully saturated rings. The van der Waals surface area contributed by atoms with Crippen LogP contribution in [-0.2, 0) is 16.8 Å². The molecule has 2 heterocycles. The molecule has 6 nitrogen and oxygen atoms in total. The summed E-state index contributed by atoms with van der Waals surface area (Å²) in [7, 11) is 0. The molecule has 0 spiro atoms. The second-order valence-corrected chi connectivity index (χ2v) is 8.94. The van der Waals surface area contributed by atoms with Gasteiger partial charge in [0.25, 0.3) is 5.56 Å². The zero-order valence-electron chi connectivity index (χ0n) is 17.8. The topological polar surface area (TPSA) is 67.2 Å². The third-order valence-electron chi connectivity index (χ3n) is 6.72. The van der Waals surface area contributed by atoms with Crippen LogP contribution in [0.15, 0.2) is 47.3 Å². The molecule has 2 aromatic rings. The van der Waals surface area contributed by atoms with Crippen LogP contribution in [-0.4, -0.2) is 46.3 Å². The number of nitrogens with one attached hydrogen (secondary N) is 1. The van der Waals surface area contributed by atoms with Gasteiger partial charge in [-0.2, -0.15) is 5.10 Å². The first-order valence-electron chi connectivity index (χ1n) is 11.2. The maximum atomic E-state index is 12.4. The number of carbonyl (C=O) groups is 1. The Balaban J connectivity index is 1.30.